The Balaban J connectivity index is 1.89. The first-order valence-electron chi connectivity index (χ1n) is 10.6. The van der Waals surface area contributed by atoms with Crippen molar-refractivity contribution in [2.24, 2.45) is 0 Å². The van der Waals surface area contributed by atoms with E-state index in [-0.39, 0.29) is 30.1 Å². The minimum absolute atomic E-state index is 0.0175. The Hall–Kier alpha value is -2.27. The summed E-state index contributed by atoms with van der Waals surface area (Å²) >= 11 is 7.23. The largest absolute Gasteiger partial charge is 0.345 e. The second-order valence-electron chi connectivity index (χ2n) is 8.53. The molecule has 1 aromatic heterocycles. The van der Waals surface area contributed by atoms with Crippen molar-refractivity contribution in [1.82, 2.24) is 9.21 Å². The number of sulfonamides is 1. The zero-order valence-corrected chi connectivity index (χ0v) is 22.0. The van der Waals surface area contributed by atoms with Gasteiger partial charge >= 0.3 is 0 Å². The number of amides is 2. The third-order valence-electron chi connectivity index (χ3n) is 5.47. The lowest BCUT2D eigenvalue weighted by atomic mass is 10.1. The SMILES string of the molecule is C/C(=C\S(=O)(=O)N(C(C)C)[C@H]1CCN(c2ccc(C(=O)N(C)C)cc2F)C1=O)c1ccc(Cl)s1. The van der Waals surface area contributed by atoms with Gasteiger partial charge in [-0.1, -0.05) is 11.6 Å². The molecule has 1 fully saturated rings. The van der Waals surface area contributed by atoms with E-state index in [1.807, 2.05) is 0 Å². The maximum absolute atomic E-state index is 14.9. The molecule has 0 aliphatic carbocycles. The molecule has 1 aliphatic heterocycles. The third kappa shape index (κ3) is 5.35. The van der Waals surface area contributed by atoms with Gasteiger partial charge in [-0.3, -0.25) is 9.59 Å². The fraction of sp³-hybridized carbons (Fsp3) is 0.391. The number of carbonyl (C=O) groups is 2. The molecule has 1 aliphatic rings. The number of nitrogens with zero attached hydrogens (tertiary/aromatic N) is 3. The average molecular weight is 528 g/mol. The van der Waals surface area contributed by atoms with E-state index in [1.54, 1.807) is 47.0 Å². The van der Waals surface area contributed by atoms with Gasteiger partial charge in [0, 0.05) is 37.1 Å². The van der Waals surface area contributed by atoms with Crippen molar-refractivity contribution >= 4 is 56.0 Å². The van der Waals surface area contributed by atoms with Crippen LogP contribution in [0.15, 0.2) is 35.7 Å². The van der Waals surface area contributed by atoms with Crippen molar-refractivity contribution in [2.45, 2.75) is 39.3 Å². The molecule has 2 heterocycles. The number of anilines is 1. The van der Waals surface area contributed by atoms with Crippen LogP contribution in [0.2, 0.25) is 4.34 Å². The number of benzene rings is 1. The molecule has 1 saturated heterocycles. The lowest BCUT2D eigenvalue weighted by Gasteiger charge is -2.29. The van der Waals surface area contributed by atoms with Crippen LogP contribution in [0.4, 0.5) is 10.1 Å². The van der Waals surface area contributed by atoms with Gasteiger partial charge in [0.05, 0.1) is 15.4 Å². The Bertz CT molecular complexity index is 1240. The highest BCUT2D eigenvalue weighted by molar-refractivity contribution is 7.92. The Morgan fingerprint density at radius 1 is 1.26 bits per heavy atom. The van der Waals surface area contributed by atoms with Crippen LogP contribution in [0, 0.1) is 5.82 Å². The molecule has 0 unspecified atom stereocenters. The standard InChI is InChI=1S/C23H27ClFN3O4S2/c1-14(2)28(34(31,32)13-15(3)20-8-9-21(24)33-20)19-10-11-27(23(19)30)18-7-6-16(12-17(18)25)22(29)26(4)5/h6-9,12-14,19H,10-11H2,1-5H3/b15-13+/t19-/m0/s1. The molecule has 2 aromatic rings. The van der Waals surface area contributed by atoms with Gasteiger partial charge in [-0.2, -0.15) is 4.31 Å². The number of carbonyl (C=O) groups excluding carboxylic acids is 2. The van der Waals surface area contributed by atoms with Crippen molar-refractivity contribution < 1.29 is 22.4 Å². The molecule has 1 atom stereocenters. The summed E-state index contributed by atoms with van der Waals surface area (Å²) in [4.78, 5) is 28.7. The molecular weight excluding hydrogens is 501 g/mol. The monoisotopic (exact) mass is 527 g/mol. The normalized spacial score (nSPS) is 17.2. The van der Waals surface area contributed by atoms with E-state index in [2.05, 4.69) is 0 Å². The number of halogens is 2. The molecule has 2 amide bonds. The highest BCUT2D eigenvalue weighted by atomic mass is 35.5. The Morgan fingerprint density at radius 2 is 1.94 bits per heavy atom. The van der Waals surface area contributed by atoms with Crippen LogP contribution in [-0.4, -0.2) is 62.2 Å². The number of thiophene rings is 1. The molecule has 11 heteroatoms. The topological polar surface area (TPSA) is 78.0 Å². The third-order valence-corrected chi connectivity index (χ3v) is 8.75. The lowest BCUT2D eigenvalue weighted by Crippen LogP contribution is -2.48. The van der Waals surface area contributed by atoms with E-state index in [1.165, 1.54) is 37.6 Å². The van der Waals surface area contributed by atoms with Crippen LogP contribution in [0.25, 0.3) is 5.57 Å². The van der Waals surface area contributed by atoms with Crippen LogP contribution < -0.4 is 4.90 Å². The summed E-state index contributed by atoms with van der Waals surface area (Å²) in [7, 11) is -0.851. The van der Waals surface area contributed by atoms with Gasteiger partial charge in [-0.25, -0.2) is 12.8 Å². The molecule has 7 nitrogen and oxygen atoms in total. The average Bonchev–Trinajstić information content (AvgIpc) is 3.33. The fourth-order valence-electron chi connectivity index (χ4n) is 3.96. The van der Waals surface area contributed by atoms with Crippen LogP contribution in [0.3, 0.4) is 0 Å². The van der Waals surface area contributed by atoms with Gasteiger partial charge in [-0.15, -0.1) is 11.3 Å². The van der Waals surface area contributed by atoms with Crippen LogP contribution in [0.1, 0.15) is 42.4 Å². The number of allylic oxidation sites excluding steroid dienone is 1. The first kappa shape index (κ1) is 26.3. The summed E-state index contributed by atoms with van der Waals surface area (Å²) in [5.74, 6) is -1.58. The summed E-state index contributed by atoms with van der Waals surface area (Å²) < 4.78 is 43.2. The van der Waals surface area contributed by atoms with Gasteiger partial charge in [0.25, 0.3) is 5.91 Å². The molecule has 0 bridgehead atoms. The molecule has 184 valence electrons. The first-order valence-corrected chi connectivity index (χ1v) is 13.3. The Labute approximate surface area is 208 Å². The summed E-state index contributed by atoms with van der Waals surface area (Å²) in [6, 6.07) is 5.89. The van der Waals surface area contributed by atoms with Gasteiger partial charge in [0.1, 0.15) is 11.9 Å². The Morgan fingerprint density at radius 3 is 2.47 bits per heavy atom. The molecular formula is C23H27ClFN3O4S2. The van der Waals surface area contributed by atoms with Crippen molar-refractivity contribution in [1.29, 1.82) is 0 Å². The molecule has 34 heavy (non-hydrogen) atoms. The Kier molecular flexibility index (Phi) is 7.86. The summed E-state index contributed by atoms with van der Waals surface area (Å²) in [6.45, 7) is 5.22. The minimum atomic E-state index is -3.98. The molecule has 3 rings (SSSR count). The number of hydrogen-bond donors (Lipinski definition) is 0. The number of rotatable bonds is 7. The maximum atomic E-state index is 14.9. The van der Waals surface area contributed by atoms with Crippen molar-refractivity contribution in [2.75, 3.05) is 25.5 Å². The summed E-state index contributed by atoms with van der Waals surface area (Å²) in [5, 5.41) is 1.15. The quantitative estimate of drug-likeness (QED) is 0.533. The van der Waals surface area contributed by atoms with E-state index >= 15 is 0 Å². The molecule has 0 radical (unpaired) electrons. The van der Waals surface area contributed by atoms with Gasteiger partial charge in [0.2, 0.25) is 15.9 Å². The zero-order chi connectivity index (χ0) is 25.4. The molecule has 0 spiro atoms. The predicted octanol–water partition coefficient (Wildman–Crippen LogP) is 4.45. The van der Waals surface area contributed by atoms with Crippen LogP contribution in [-0.2, 0) is 14.8 Å². The first-order chi connectivity index (χ1) is 15.8. The highest BCUT2D eigenvalue weighted by Crippen LogP contribution is 2.32. The van der Waals surface area contributed by atoms with Crippen LogP contribution in [0.5, 0.6) is 0 Å². The maximum Gasteiger partial charge on any atom is 0.253 e. The molecule has 0 saturated carbocycles. The lowest BCUT2D eigenvalue weighted by molar-refractivity contribution is -0.120. The second kappa shape index (κ2) is 10.2. The molecule has 1 aromatic carbocycles. The fourth-order valence-corrected chi connectivity index (χ4v) is 6.88. The number of hydrogen-bond acceptors (Lipinski definition) is 5. The van der Waals surface area contributed by atoms with Crippen molar-refractivity contribution in [3.63, 3.8) is 0 Å². The second-order valence-corrected chi connectivity index (χ2v) is 11.9. The molecule has 0 N–H and O–H groups in total. The van der Waals surface area contributed by atoms with E-state index in [4.69, 9.17) is 11.6 Å². The predicted molar refractivity (Wildman–Crippen MR) is 134 cm³/mol. The van der Waals surface area contributed by atoms with Gasteiger partial charge in [-0.05, 0) is 63.1 Å². The van der Waals surface area contributed by atoms with E-state index in [0.717, 1.165) is 11.5 Å². The minimum Gasteiger partial charge on any atom is -0.345 e. The zero-order valence-electron chi connectivity index (χ0n) is 19.6. The van der Waals surface area contributed by atoms with E-state index in [9.17, 15) is 22.4 Å². The highest BCUT2D eigenvalue weighted by Gasteiger charge is 2.43. The summed E-state index contributed by atoms with van der Waals surface area (Å²) in [5.41, 5.74) is 0.691. The van der Waals surface area contributed by atoms with Gasteiger partial charge < -0.3 is 9.80 Å². The van der Waals surface area contributed by atoms with Crippen molar-refractivity contribution in [3.05, 3.63) is 56.3 Å². The van der Waals surface area contributed by atoms with Crippen LogP contribution >= 0.6 is 22.9 Å². The van der Waals surface area contributed by atoms with Crippen molar-refractivity contribution in [3.8, 4) is 0 Å². The van der Waals surface area contributed by atoms with E-state index in [0.29, 0.717) is 14.8 Å². The summed E-state index contributed by atoms with van der Waals surface area (Å²) in [6.07, 6.45) is 0.214. The van der Waals surface area contributed by atoms with E-state index < -0.39 is 33.8 Å². The van der Waals surface area contributed by atoms with Gasteiger partial charge in [0.15, 0.2) is 0 Å². The smallest absolute Gasteiger partial charge is 0.253 e.